The molecule has 1 aromatic heterocycles. The molecule has 2 aliphatic heterocycles. The Balaban J connectivity index is 0.000000197. The van der Waals surface area contributed by atoms with Gasteiger partial charge in [0, 0.05) is 37.5 Å². The molecule has 3 heterocycles. The van der Waals surface area contributed by atoms with Gasteiger partial charge in [0.1, 0.15) is 11.5 Å². The van der Waals surface area contributed by atoms with E-state index in [2.05, 4.69) is 22.2 Å². The minimum Gasteiger partial charge on any atom is -0.384 e. The van der Waals surface area contributed by atoms with Crippen molar-refractivity contribution in [1.29, 1.82) is 0 Å². The van der Waals surface area contributed by atoms with Crippen LogP contribution < -0.4 is 16.4 Å². The molecule has 0 bridgehead atoms. The van der Waals surface area contributed by atoms with Crippen molar-refractivity contribution < 1.29 is 18.8 Å². The summed E-state index contributed by atoms with van der Waals surface area (Å²) in [6.45, 7) is 7.48. The second-order valence-corrected chi connectivity index (χ2v) is 9.01. The van der Waals surface area contributed by atoms with Crippen LogP contribution in [-0.2, 0) is 9.59 Å². The number of primary amides is 1. The van der Waals surface area contributed by atoms with Crippen LogP contribution in [0.2, 0.25) is 0 Å². The lowest BCUT2D eigenvalue weighted by atomic mass is 9.94. The number of benzene rings is 1. The van der Waals surface area contributed by atoms with Crippen molar-refractivity contribution in [2.45, 2.75) is 32.1 Å². The van der Waals surface area contributed by atoms with Gasteiger partial charge in [-0.15, -0.1) is 11.3 Å². The van der Waals surface area contributed by atoms with Crippen LogP contribution in [0.4, 0.5) is 4.39 Å². The van der Waals surface area contributed by atoms with Crippen molar-refractivity contribution >= 4 is 28.9 Å². The number of rotatable bonds is 6. The highest BCUT2D eigenvalue weighted by molar-refractivity contribution is 7.07. The number of nitrogens with one attached hydrogen (secondary N) is 2. The second kappa shape index (κ2) is 15.0. The molecule has 0 aliphatic carbocycles. The summed E-state index contributed by atoms with van der Waals surface area (Å²) in [5.74, 6) is 0.00679. The SMILES string of the molecule is C=C(NC)C(N)=O.O=C(CC1CCNCC1)N1CCCC1.O=C(c1ccc(F)cc1)c1cscn1. The molecule has 2 aromatic rings. The Morgan fingerprint density at radius 3 is 2.31 bits per heavy atom. The standard InChI is InChI=1S/C11H20N2O.C10H6FNOS.C4H8N2O/c14-11(13-7-1-2-8-13)9-10-3-5-12-6-4-10;11-8-3-1-7(2-4-8)10(13)9-5-14-6-12-9;1-3(6-2)4(5)7/h10,12H,1-9H2;1-6H;6H,1H2,2H3,(H2,5,7). The molecule has 8 nitrogen and oxygen atoms in total. The third-order valence-electron chi connectivity index (χ3n) is 5.75. The molecule has 35 heavy (non-hydrogen) atoms. The largest absolute Gasteiger partial charge is 0.384 e. The first kappa shape index (κ1) is 28.1. The number of halogens is 1. The Morgan fingerprint density at radius 1 is 1.20 bits per heavy atom. The third kappa shape index (κ3) is 9.96. The highest BCUT2D eigenvalue weighted by Gasteiger charge is 2.22. The van der Waals surface area contributed by atoms with Gasteiger partial charge in [0.2, 0.25) is 11.7 Å². The van der Waals surface area contributed by atoms with Crippen LogP contribution in [-0.4, -0.2) is 60.7 Å². The Labute approximate surface area is 209 Å². The van der Waals surface area contributed by atoms with E-state index in [0.29, 0.717) is 23.1 Å². The van der Waals surface area contributed by atoms with Gasteiger partial charge in [0.05, 0.1) is 11.2 Å². The Hall–Kier alpha value is -3.11. The van der Waals surface area contributed by atoms with Gasteiger partial charge in [-0.3, -0.25) is 14.4 Å². The fourth-order valence-electron chi connectivity index (χ4n) is 3.63. The minimum atomic E-state index is -0.512. The van der Waals surface area contributed by atoms with Crippen LogP contribution in [0.5, 0.6) is 0 Å². The zero-order chi connectivity index (χ0) is 25.6. The van der Waals surface area contributed by atoms with E-state index in [0.717, 1.165) is 32.6 Å². The van der Waals surface area contributed by atoms with Gasteiger partial charge in [-0.25, -0.2) is 9.37 Å². The summed E-state index contributed by atoms with van der Waals surface area (Å²) in [5, 5.41) is 7.50. The number of nitrogens with two attached hydrogens (primary N) is 1. The number of likely N-dealkylation sites (tertiary alicyclic amines) is 1. The maximum absolute atomic E-state index is 12.6. The molecule has 10 heteroatoms. The van der Waals surface area contributed by atoms with Gasteiger partial charge in [-0.2, -0.15) is 0 Å². The number of ketones is 1. The average Bonchev–Trinajstić information content (AvgIpc) is 3.60. The maximum atomic E-state index is 12.6. The van der Waals surface area contributed by atoms with Crippen LogP contribution >= 0.6 is 11.3 Å². The van der Waals surface area contributed by atoms with Crippen LogP contribution in [0, 0.1) is 11.7 Å². The van der Waals surface area contributed by atoms with E-state index in [-0.39, 0.29) is 17.3 Å². The van der Waals surface area contributed by atoms with Gasteiger partial charge >= 0.3 is 0 Å². The van der Waals surface area contributed by atoms with Gasteiger partial charge in [0.15, 0.2) is 0 Å². The van der Waals surface area contributed by atoms with Gasteiger partial charge < -0.3 is 21.3 Å². The summed E-state index contributed by atoms with van der Waals surface area (Å²) >= 11 is 1.36. The molecule has 4 rings (SSSR count). The van der Waals surface area contributed by atoms with E-state index >= 15 is 0 Å². The van der Waals surface area contributed by atoms with Crippen LogP contribution in [0.25, 0.3) is 0 Å². The number of thiazole rings is 1. The summed E-state index contributed by atoms with van der Waals surface area (Å²) in [6.07, 6.45) is 5.57. The molecule has 4 N–H and O–H groups in total. The molecule has 0 unspecified atom stereocenters. The molecule has 190 valence electrons. The van der Waals surface area contributed by atoms with E-state index in [9.17, 15) is 18.8 Å². The predicted octanol–water partition coefficient (Wildman–Crippen LogP) is 2.72. The highest BCUT2D eigenvalue weighted by Crippen LogP contribution is 2.19. The summed E-state index contributed by atoms with van der Waals surface area (Å²) in [5.41, 5.74) is 7.44. The normalized spacial score (nSPS) is 15.2. The number of piperidine rings is 1. The molecule has 2 saturated heterocycles. The molecule has 0 saturated carbocycles. The van der Waals surface area contributed by atoms with Gasteiger partial charge in [0.25, 0.3) is 5.91 Å². The molecule has 0 atom stereocenters. The molecule has 2 amide bonds. The maximum Gasteiger partial charge on any atom is 0.264 e. The van der Waals surface area contributed by atoms with Crippen LogP contribution in [0.3, 0.4) is 0 Å². The lowest BCUT2D eigenvalue weighted by Gasteiger charge is -2.24. The minimum absolute atomic E-state index is 0.175. The van der Waals surface area contributed by atoms with Crippen molar-refractivity contribution in [3.05, 3.63) is 64.5 Å². The number of likely N-dealkylation sites (N-methyl/N-ethyl adjacent to an activating group) is 1. The van der Waals surface area contributed by atoms with E-state index < -0.39 is 5.91 Å². The fourth-order valence-corrected chi connectivity index (χ4v) is 4.16. The molecule has 0 radical (unpaired) electrons. The number of aromatic nitrogens is 1. The molecular formula is C25H34FN5O3S. The first-order chi connectivity index (χ1) is 16.8. The van der Waals surface area contributed by atoms with Crippen molar-refractivity contribution in [3.63, 3.8) is 0 Å². The summed E-state index contributed by atoms with van der Waals surface area (Å²) in [7, 11) is 1.59. The molecule has 2 fully saturated rings. The number of carbonyl (C=O) groups is 3. The second-order valence-electron chi connectivity index (χ2n) is 8.29. The number of nitrogens with zero attached hydrogens (tertiary/aromatic N) is 2. The molecule has 1 aromatic carbocycles. The fraction of sp³-hybridized carbons (Fsp3) is 0.440. The third-order valence-corrected chi connectivity index (χ3v) is 6.34. The Morgan fingerprint density at radius 2 is 1.83 bits per heavy atom. The summed E-state index contributed by atoms with van der Waals surface area (Å²) in [6, 6.07) is 5.44. The lowest BCUT2D eigenvalue weighted by molar-refractivity contribution is -0.131. The van der Waals surface area contributed by atoms with Gasteiger partial charge in [-0.05, 0) is 69.0 Å². The van der Waals surface area contributed by atoms with E-state index in [1.807, 2.05) is 4.90 Å². The average molecular weight is 504 g/mol. The summed E-state index contributed by atoms with van der Waals surface area (Å²) in [4.78, 5) is 39.4. The van der Waals surface area contributed by atoms with E-state index in [1.54, 1.807) is 17.9 Å². The van der Waals surface area contributed by atoms with Gasteiger partial charge in [-0.1, -0.05) is 6.58 Å². The lowest BCUT2D eigenvalue weighted by Crippen LogP contribution is -2.33. The van der Waals surface area contributed by atoms with E-state index in [1.165, 1.54) is 61.3 Å². The highest BCUT2D eigenvalue weighted by atomic mass is 32.1. The topological polar surface area (TPSA) is 117 Å². The van der Waals surface area contributed by atoms with E-state index in [4.69, 9.17) is 5.73 Å². The smallest absolute Gasteiger partial charge is 0.264 e. The number of hydrogen-bond acceptors (Lipinski definition) is 7. The Kier molecular flexibility index (Phi) is 12.1. The van der Waals surface area contributed by atoms with Crippen molar-refractivity contribution in [2.24, 2.45) is 11.7 Å². The Bertz CT molecular complexity index is 954. The first-order valence-corrected chi connectivity index (χ1v) is 12.6. The first-order valence-electron chi connectivity index (χ1n) is 11.6. The van der Waals surface area contributed by atoms with Crippen molar-refractivity contribution in [2.75, 3.05) is 33.2 Å². The van der Waals surface area contributed by atoms with Crippen molar-refractivity contribution in [1.82, 2.24) is 20.5 Å². The predicted molar refractivity (Wildman–Crippen MR) is 135 cm³/mol. The number of amides is 2. The zero-order valence-corrected chi connectivity index (χ0v) is 20.9. The number of hydrogen-bond donors (Lipinski definition) is 3. The monoisotopic (exact) mass is 503 g/mol. The summed E-state index contributed by atoms with van der Waals surface area (Å²) < 4.78 is 12.6. The molecule has 2 aliphatic rings. The van der Waals surface area contributed by atoms with Crippen molar-refractivity contribution in [3.8, 4) is 0 Å². The van der Waals surface area contributed by atoms with Crippen LogP contribution in [0.15, 0.2) is 47.4 Å². The molecule has 0 spiro atoms. The van der Waals surface area contributed by atoms with Crippen LogP contribution in [0.1, 0.15) is 48.2 Å². The quantitative estimate of drug-likeness (QED) is 0.412. The zero-order valence-electron chi connectivity index (χ0n) is 20.1. The number of carbonyl (C=O) groups excluding carboxylic acids is 3. The molecular weight excluding hydrogens is 469 g/mol.